The normalized spacial score (nSPS) is 11.9. The fourth-order valence-electron chi connectivity index (χ4n) is 2.95. The fourth-order valence-corrected chi connectivity index (χ4v) is 4.93. The molecular weight excluding hydrogens is 360 g/mol. The standard InChI is InChI=1S/C21H15N2OS2/c1-23-16-7-3-5-9-19(16)25-20(23)13-11-14-10-12-17(24-14)21-22-15-6-2-4-8-18(15)26-21/h2-13H,1H3/q+1/b13-11+. The molecule has 0 aliphatic carbocycles. The molecule has 0 N–H and O–H groups in total. The van der Waals surface area contributed by atoms with Gasteiger partial charge < -0.3 is 4.42 Å². The summed E-state index contributed by atoms with van der Waals surface area (Å²) in [6.07, 6.45) is 4.12. The van der Waals surface area contributed by atoms with Gasteiger partial charge >= 0.3 is 0 Å². The lowest BCUT2D eigenvalue weighted by atomic mass is 10.3. The Labute approximate surface area is 158 Å². The molecule has 3 nitrogen and oxygen atoms in total. The molecule has 0 unspecified atom stereocenters. The summed E-state index contributed by atoms with van der Waals surface area (Å²) in [5, 5.41) is 2.10. The zero-order valence-corrected chi connectivity index (χ0v) is 15.7. The third-order valence-corrected chi connectivity index (χ3v) is 6.53. The van der Waals surface area contributed by atoms with E-state index in [9.17, 15) is 0 Å². The van der Waals surface area contributed by atoms with Crippen molar-refractivity contribution in [3.8, 4) is 10.8 Å². The molecule has 126 valence electrons. The monoisotopic (exact) mass is 375 g/mol. The summed E-state index contributed by atoms with van der Waals surface area (Å²) >= 11 is 3.43. The quantitative estimate of drug-likeness (QED) is 0.375. The van der Waals surface area contributed by atoms with Crippen molar-refractivity contribution >= 4 is 55.3 Å². The smallest absolute Gasteiger partial charge is 0.262 e. The number of aryl methyl sites for hydroxylation is 1. The first-order valence-electron chi connectivity index (χ1n) is 8.29. The number of rotatable bonds is 3. The van der Waals surface area contributed by atoms with Crippen LogP contribution in [0.2, 0.25) is 0 Å². The van der Waals surface area contributed by atoms with Crippen LogP contribution in [0.5, 0.6) is 0 Å². The number of nitrogens with zero attached hydrogens (tertiary/aromatic N) is 2. The van der Waals surface area contributed by atoms with Gasteiger partial charge in [-0.3, -0.25) is 0 Å². The Morgan fingerprint density at radius 3 is 2.54 bits per heavy atom. The van der Waals surface area contributed by atoms with E-state index in [0.717, 1.165) is 22.0 Å². The van der Waals surface area contributed by atoms with Crippen molar-refractivity contribution in [2.45, 2.75) is 0 Å². The molecule has 0 spiro atoms. The van der Waals surface area contributed by atoms with Crippen LogP contribution in [0.25, 0.3) is 43.4 Å². The molecule has 0 fully saturated rings. The van der Waals surface area contributed by atoms with Crippen molar-refractivity contribution in [2.75, 3.05) is 0 Å². The number of thiazole rings is 2. The SMILES string of the molecule is C[n+]1c(/C=C/c2ccc(-c3nc4ccccc4s3)o2)sc2ccccc21. The van der Waals surface area contributed by atoms with Gasteiger partial charge in [0.15, 0.2) is 10.8 Å². The highest BCUT2D eigenvalue weighted by Crippen LogP contribution is 2.31. The predicted molar refractivity (Wildman–Crippen MR) is 109 cm³/mol. The highest BCUT2D eigenvalue weighted by atomic mass is 32.1. The Hall–Kier alpha value is -2.76. The van der Waals surface area contributed by atoms with Crippen LogP contribution in [-0.4, -0.2) is 4.98 Å². The number of fused-ring (bicyclic) bond motifs is 2. The first-order chi connectivity index (χ1) is 12.8. The van der Waals surface area contributed by atoms with Crippen LogP contribution in [0.4, 0.5) is 0 Å². The van der Waals surface area contributed by atoms with Crippen LogP contribution in [0.15, 0.2) is 65.1 Å². The topological polar surface area (TPSA) is 29.9 Å². The van der Waals surface area contributed by atoms with E-state index in [1.54, 1.807) is 22.7 Å². The van der Waals surface area contributed by atoms with Gasteiger partial charge in [-0.25, -0.2) is 4.98 Å². The Kier molecular flexibility index (Phi) is 3.69. The molecular formula is C21H15N2OS2+. The summed E-state index contributed by atoms with van der Waals surface area (Å²) in [7, 11) is 2.09. The Morgan fingerprint density at radius 2 is 1.69 bits per heavy atom. The molecule has 0 saturated heterocycles. The number of furan rings is 1. The highest BCUT2D eigenvalue weighted by molar-refractivity contribution is 7.21. The number of hydrogen-bond acceptors (Lipinski definition) is 4. The minimum absolute atomic E-state index is 0.812. The van der Waals surface area contributed by atoms with E-state index in [4.69, 9.17) is 4.42 Å². The van der Waals surface area contributed by atoms with Crippen molar-refractivity contribution < 1.29 is 8.98 Å². The lowest BCUT2D eigenvalue weighted by Crippen LogP contribution is -2.28. The molecule has 0 saturated carbocycles. The van der Waals surface area contributed by atoms with Crippen molar-refractivity contribution in [1.29, 1.82) is 0 Å². The maximum Gasteiger partial charge on any atom is 0.262 e. The largest absolute Gasteiger partial charge is 0.454 e. The number of aromatic nitrogens is 2. The zero-order valence-electron chi connectivity index (χ0n) is 14.0. The Morgan fingerprint density at radius 1 is 0.885 bits per heavy atom. The van der Waals surface area contributed by atoms with E-state index >= 15 is 0 Å². The molecule has 0 radical (unpaired) electrons. The van der Waals surface area contributed by atoms with Gasteiger partial charge in [-0.15, -0.1) is 11.3 Å². The van der Waals surface area contributed by atoms with Crippen molar-refractivity contribution in [3.05, 3.63) is 71.4 Å². The lowest BCUT2D eigenvalue weighted by Gasteiger charge is -1.88. The second kappa shape index (κ2) is 6.20. The Bertz CT molecular complexity index is 1230. The number of para-hydroxylation sites is 2. The molecule has 5 heteroatoms. The van der Waals surface area contributed by atoms with Gasteiger partial charge in [0.05, 0.1) is 10.2 Å². The van der Waals surface area contributed by atoms with Gasteiger partial charge in [0, 0.05) is 12.1 Å². The van der Waals surface area contributed by atoms with Crippen LogP contribution in [0, 0.1) is 0 Å². The first-order valence-corrected chi connectivity index (χ1v) is 9.93. The third kappa shape index (κ3) is 2.66. The van der Waals surface area contributed by atoms with Crippen LogP contribution in [-0.2, 0) is 7.05 Å². The van der Waals surface area contributed by atoms with Crippen molar-refractivity contribution in [3.63, 3.8) is 0 Å². The summed E-state index contributed by atoms with van der Waals surface area (Å²) in [5.41, 5.74) is 2.25. The average Bonchev–Trinajstić information content (AvgIpc) is 3.37. The Balaban J connectivity index is 1.46. The summed E-state index contributed by atoms with van der Waals surface area (Å²) in [5.74, 6) is 1.64. The van der Waals surface area contributed by atoms with Crippen LogP contribution >= 0.6 is 22.7 Å². The van der Waals surface area contributed by atoms with E-state index in [0.29, 0.717) is 0 Å². The van der Waals surface area contributed by atoms with Crippen LogP contribution in [0.1, 0.15) is 10.8 Å². The van der Waals surface area contributed by atoms with Crippen molar-refractivity contribution in [2.24, 2.45) is 7.05 Å². The van der Waals surface area contributed by atoms with Crippen molar-refractivity contribution in [1.82, 2.24) is 4.98 Å². The first kappa shape index (κ1) is 15.5. The van der Waals surface area contributed by atoms with Gasteiger partial charge in [0.25, 0.3) is 5.01 Å². The van der Waals surface area contributed by atoms with E-state index in [-0.39, 0.29) is 0 Å². The van der Waals surface area contributed by atoms with Gasteiger partial charge in [-0.05, 0) is 36.4 Å². The summed E-state index contributed by atoms with van der Waals surface area (Å²) in [6, 6.07) is 20.6. The van der Waals surface area contributed by atoms with Gasteiger partial charge in [-0.2, -0.15) is 4.57 Å². The van der Waals surface area contributed by atoms with Crippen LogP contribution in [0.3, 0.4) is 0 Å². The molecule has 5 aromatic rings. The number of benzene rings is 2. The summed E-state index contributed by atoms with van der Waals surface area (Å²) in [4.78, 5) is 4.66. The molecule has 0 amide bonds. The molecule has 0 atom stereocenters. The fraction of sp³-hybridized carbons (Fsp3) is 0.0476. The number of hydrogen-bond donors (Lipinski definition) is 0. The summed E-state index contributed by atoms with van der Waals surface area (Å²) in [6.45, 7) is 0. The predicted octanol–water partition coefficient (Wildman–Crippen LogP) is 5.77. The molecule has 0 aliphatic heterocycles. The maximum absolute atomic E-state index is 5.99. The molecule has 0 aliphatic rings. The minimum Gasteiger partial charge on any atom is -0.454 e. The van der Waals surface area contributed by atoms with E-state index in [1.165, 1.54) is 19.9 Å². The molecule has 26 heavy (non-hydrogen) atoms. The van der Waals surface area contributed by atoms with E-state index < -0.39 is 0 Å². The van der Waals surface area contributed by atoms with E-state index in [1.807, 2.05) is 36.4 Å². The second-order valence-electron chi connectivity index (χ2n) is 5.99. The van der Waals surface area contributed by atoms with Gasteiger partial charge in [-0.1, -0.05) is 35.6 Å². The third-order valence-electron chi connectivity index (χ3n) is 4.29. The molecule has 0 bridgehead atoms. The zero-order chi connectivity index (χ0) is 17.5. The minimum atomic E-state index is 0.812. The highest BCUT2D eigenvalue weighted by Gasteiger charge is 2.14. The van der Waals surface area contributed by atoms with Gasteiger partial charge in [0.2, 0.25) is 5.52 Å². The van der Waals surface area contributed by atoms with Gasteiger partial charge in [0.1, 0.15) is 17.5 Å². The summed E-state index contributed by atoms with van der Waals surface area (Å²) < 4.78 is 10.6. The molecule has 3 heterocycles. The van der Waals surface area contributed by atoms with Crippen LogP contribution < -0.4 is 4.57 Å². The van der Waals surface area contributed by atoms with E-state index in [2.05, 4.69) is 53.0 Å². The molecule has 3 aromatic heterocycles. The lowest BCUT2D eigenvalue weighted by molar-refractivity contribution is -0.642. The maximum atomic E-state index is 5.99. The molecule has 2 aromatic carbocycles. The average molecular weight is 375 g/mol. The molecule has 5 rings (SSSR count). The second-order valence-corrected chi connectivity index (χ2v) is 8.08.